The van der Waals surface area contributed by atoms with Crippen LogP contribution in [0.3, 0.4) is 0 Å². The number of hydrogen-bond acceptors (Lipinski definition) is 4. The minimum absolute atomic E-state index is 0.0984. The number of carbonyl (C=O) groups excluding carboxylic acids is 2. The van der Waals surface area contributed by atoms with Gasteiger partial charge in [-0.1, -0.05) is 52.5 Å². The number of anilines is 2. The highest BCUT2D eigenvalue weighted by Crippen LogP contribution is 2.36. The van der Waals surface area contributed by atoms with Gasteiger partial charge >= 0.3 is 0 Å². The number of thiocarbonyl (C=S) groups is 1. The van der Waals surface area contributed by atoms with Gasteiger partial charge < -0.3 is 10.6 Å². The Morgan fingerprint density at radius 2 is 1.38 bits per heavy atom. The van der Waals surface area contributed by atoms with E-state index in [1.807, 2.05) is 0 Å². The Balaban J connectivity index is 1.38. The first-order valence-electron chi connectivity index (χ1n) is 9.57. The van der Waals surface area contributed by atoms with Crippen molar-refractivity contribution in [2.24, 2.45) is 0 Å². The molecule has 0 aliphatic heterocycles. The number of hydrogen-bond donors (Lipinski definition) is 3. The van der Waals surface area contributed by atoms with Crippen LogP contribution in [0.25, 0.3) is 10.1 Å². The fourth-order valence-electron chi connectivity index (χ4n) is 3.02. The van der Waals surface area contributed by atoms with Gasteiger partial charge in [-0.25, -0.2) is 0 Å². The summed E-state index contributed by atoms with van der Waals surface area (Å²) < 4.78 is 0.805. The third kappa shape index (κ3) is 5.63. The minimum Gasteiger partial charge on any atom is -0.332 e. The van der Waals surface area contributed by atoms with Crippen molar-refractivity contribution in [3.8, 4) is 0 Å². The highest BCUT2D eigenvalue weighted by Gasteiger charge is 2.18. The molecule has 1 heterocycles. The number of nitrogens with one attached hydrogen (secondary N) is 3. The zero-order valence-electron chi connectivity index (χ0n) is 16.9. The van der Waals surface area contributed by atoms with Crippen LogP contribution in [0.4, 0.5) is 11.4 Å². The van der Waals surface area contributed by atoms with E-state index in [4.69, 9.17) is 58.6 Å². The normalized spacial score (nSPS) is 10.7. The number of fused-ring (bicyclic) bond motifs is 1. The Hall–Kier alpha value is -2.39. The SMILES string of the molecule is O=C(Nc1ccc(NC(=S)NC(=O)c2sc3cc(Cl)ccc3c2Cl)cc1)c1ccc(Cl)cc1Cl. The van der Waals surface area contributed by atoms with Crippen LogP contribution in [0.15, 0.2) is 60.7 Å². The number of amides is 2. The molecular formula is C23H13Cl4N3O2S2. The standard InChI is InChI=1S/C23H13Cl4N3O2S2/c24-11-1-7-15(17(26)9-11)21(31)28-13-3-5-14(6-4-13)29-23(33)30-22(32)20-19(27)16-8-2-12(25)10-18(16)34-20/h1-10H,(H,28,31)(H2,29,30,32,33). The molecule has 0 saturated heterocycles. The lowest BCUT2D eigenvalue weighted by molar-refractivity contribution is 0.0980. The Morgan fingerprint density at radius 1 is 0.765 bits per heavy atom. The first kappa shape index (κ1) is 24.7. The monoisotopic (exact) mass is 567 g/mol. The van der Waals surface area contributed by atoms with Gasteiger partial charge in [0.2, 0.25) is 0 Å². The van der Waals surface area contributed by atoms with Gasteiger partial charge in [0.25, 0.3) is 11.8 Å². The van der Waals surface area contributed by atoms with E-state index in [1.165, 1.54) is 17.4 Å². The molecular weight excluding hydrogens is 556 g/mol. The Kier molecular flexibility index (Phi) is 7.62. The third-order valence-corrected chi connectivity index (χ3v) is 7.24. The summed E-state index contributed by atoms with van der Waals surface area (Å²) in [6, 6.07) is 16.6. The number of carbonyl (C=O) groups is 2. The topological polar surface area (TPSA) is 70.2 Å². The van der Waals surface area contributed by atoms with Gasteiger partial charge in [0.1, 0.15) is 4.88 Å². The van der Waals surface area contributed by atoms with Crippen molar-refractivity contribution < 1.29 is 9.59 Å². The van der Waals surface area contributed by atoms with E-state index < -0.39 is 5.91 Å². The molecule has 0 spiro atoms. The van der Waals surface area contributed by atoms with Crippen molar-refractivity contribution in [1.82, 2.24) is 5.32 Å². The van der Waals surface area contributed by atoms with E-state index in [2.05, 4.69) is 16.0 Å². The van der Waals surface area contributed by atoms with Gasteiger partial charge in [-0.2, -0.15) is 0 Å². The molecule has 0 bridgehead atoms. The van der Waals surface area contributed by atoms with Gasteiger partial charge in [-0.05, 0) is 66.8 Å². The number of rotatable bonds is 4. The summed E-state index contributed by atoms with van der Waals surface area (Å²) in [5.41, 5.74) is 1.47. The lowest BCUT2D eigenvalue weighted by Crippen LogP contribution is -2.33. The quantitative estimate of drug-likeness (QED) is 0.219. The van der Waals surface area contributed by atoms with E-state index in [1.54, 1.807) is 54.6 Å². The zero-order chi connectivity index (χ0) is 24.4. The maximum absolute atomic E-state index is 12.7. The molecule has 11 heteroatoms. The van der Waals surface area contributed by atoms with Crippen molar-refractivity contribution in [3.63, 3.8) is 0 Å². The second-order valence-electron chi connectivity index (χ2n) is 6.95. The van der Waals surface area contributed by atoms with Crippen LogP contribution in [0.1, 0.15) is 20.0 Å². The maximum Gasteiger partial charge on any atom is 0.269 e. The molecule has 4 aromatic rings. The molecule has 1 aromatic heterocycles. The van der Waals surface area contributed by atoms with Crippen molar-refractivity contribution in [2.45, 2.75) is 0 Å². The van der Waals surface area contributed by atoms with E-state index in [-0.39, 0.29) is 16.0 Å². The number of halogens is 4. The van der Waals surface area contributed by atoms with Gasteiger partial charge in [-0.3, -0.25) is 14.9 Å². The average molecular weight is 569 g/mol. The summed E-state index contributed by atoms with van der Waals surface area (Å²) in [6.45, 7) is 0. The average Bonchev–Trinajstić information content (AvgIpc) is 3.10. The first-order valence-corrected chi connectivity index (χ1v) is 12.3. The first-order chi connectivity index (χ1) is 16.2. The maximum atomic E-state index is 12.7. The van der Waals surface area contributed by atoms with Crippen LogP contribution in [0, 0.1) is 0 Å². The molecule has 34 heavy (non-hydrogen) atoms. The minimum atomic E-state index is -0.427. The van der Waals surface area contributed by atoms with Gasteiger partial charge in [0.15, 0.2) is 5.11 Å². The van der Waals surface area contributed by atoms with E-state index >= 15 is 0 Å². The number of benzene rings is 3. The molecule has 0 atom stereocenters. The van der Waals surface area contributed by atoms with Crippen LogP contribution in [-0.2, 0) is 0 Å². The third-order valence-electron chi connectivity index (χ3n) is 4.60. The summed E-state index contributed by atoms with van der Waals surface area (Å²) in [6.07, 6.45) is 0. The summed E-state index contributed by atoms with van der Waals surface area (Å²) in [7, 11) is 0. The molecule has 0 aliphatic rings. The van der Waals surface area contributed by atoms with Gasteiger partial charge in [0, 0.05) is 31.5 Å². The largest absolute Gasteiger partial charge is 0.332 e. The summed E-state index contributed by atoms with van der Waals surface area (Å²) >= 11 is 30.8. The van der Waals surface area contributed by atoms with E-state index in [0.717, 1.165) is 10.1 Å². The predicted molar refractivity (Wildman–Crippen MR) is 146 cm³/mol. The lowest BCUT2D eigenvalue weighted by atomic mass is 10.2. The Morgan fingerprint density at radius 3 is 2.06 bits per heavy atom. The second-order valence-corrected chi connectivity index (χ2v) is 10.1. The van der Waals surface area contributed by atoms with E-state index in [9.17, 15) is 9.59 Å². The lowest BCUT2D eigenvalue weighted by Gasteiger charge is -2.11. The molecule has 3 aromatic carbocycles. The fourth-order valence-corrected chi connectivity index (χ4v) is 5.41. The molecule has 0 unspecified atom stereocenters. The summed E-state index contributed by atoms with van der Waals surface area (Å²) in [4.78, 5) is 25.4. The smallest absolute Gasteiger partial charge is 0.269 e. The summed E-state index contributed by atoms with van der Waals surface area (Å²) in [5.74, 6) is -0.796. The molecule has 0 aliphatic carbocycles. The van der Waals surface area contributed by atoms with E-state index in [0.29, 0.717) is 36.9 Å². The van der Waals surface area contributed by atoms with Crippen molar-refractivity contribution in [3.05, 3.63) is 91.2 Å². The Bertz CT molecular complexity index is 1440. The van der Waals surface area contributed by atoms with Crippen LogP contribution >= 0.6 is 70.0 Å². The predicted octanol–water partition coefficient (Wildman–Crippen LogP) is 7.89. The van der Waals surface area contributed by atoms with Gasteiger partial charge in [0.05, 0.1) is 15.6 Å². The van der Waals surface area contributed by atoms with Crippen LogP contribution in [0.2, 0.25) is 20.1 Å². The highest BCUT2D eigenvalue weighted by molar-refractivity contribution is 7.80. The van der Waals surface area contributed by atoms with Crippen LogP contribution < -0.4 is 16.0 Å². The Labute approximate surface area is 224 Å². The second kappa shape index (κ2) is 10.5. The van der Waals surface area contributed by atoms with Crippen LogP contribution in [0.5, 0.6) is 0 Å². The molecule has 0 fully saturated rings. The molecule has 172 valence electrons. The van der Waals surface area contributed by atoms with Crippen molar-refractivity contribution in [1.29, 1.82) is 0 Å². The zero-order valence-corrected chi connectivity index (χ0v) is 21.6. The number of thiophene rings is 1. The van der Waals surface area contributed by atoms with Crippen LogP contribution in [-0.4, -0.2) is 16.9 Å². The van der Waals surface area contributed by atoms with Crippen molar-refractivity contribution in [2.75, 3.05) is 10.6 Å². The molecule has 3 N–H and O–H groups in total. The van der Waals surface area contributed by atoms with Gasteiger partial charge in [-0.15, -0.1) is 11.3 Å². The molecule has 5 nitrogen and oxygen atoms in total. The molecule has 0 radical (unpaired) electrons. The fraction of sp³-hybridized carbons (Fsp3) is 0. The molecule has 0 saturated carbocycles. The highest BCUT2D eigenvalue weighted by atomic mass is 35.5. The van der Waals surface area contributed by atoms with Crippen molar-refractivity contribution >= 4 is 108 Å². The summed E-state index contributed by atoms with van der Waals surface area (Å²) in [5, 5.41) is 10.8. The molecule has 4 rings (SSSR count). The molecule has 2 amide bonds.